The molecular weight excluding hydrogens is 276 g/mol. The van der Waals surface area contributed by atoms with Crippen molar-refractivity contribution in [2.75, 3.05) is 20.1 Å². The molecule has 1 aromatic rings. The molecule has 0 amide bonds. The van der Waals surface area contributed by atoms with Gasteiger partial charge in [0.05, 0.1) is 5.69 Å². The summed E-state index contributed by atoms with van der Waals surface area (Å²) in [6.45, 7) is 11.1. The first-order chi connectivity index (χ1) is 10.7. The van der Waals surface area contributed by atoms with E-state index in [0.717, 1.165) is 43.3 Å². The van der Waals surface area contributed by atoms with Crippen LogP contribution in [0.2, 0.25) is 0 Å². The molecular formula is C17H32N4O. The highest BCUT2D eigenvalue weighted by atomic mass is 16.5. The van der Waals surface area contributed by atoms with Crippen LogP contribution in [-0.2, 0) is 6.54 Å². The summed E-state index contributed by atoms with van der Waals surface area (Å²) in [6.07, 6.45) is 4.54. The summed E-state index contributed by atoms with van der Waals surface area (Å²) in [6, 6.07) is 2.05. The van der Waals surface area contributed by atoms with E-state index in [4.69, 9.17) is 4.52 Å². The van der Waals surface area contributed by atoms with Crippen LogP contribution in [0.15, 0.2) is 15.6 Å². The predicted molar refractivity (Wildman–Crippen MR) is 92.2 cm³/mol. The molecule has 22 heavy (non-hydrogen) atoms. The lowest BCUT2D eigenvalue weighted by Crippen LogP contribution is -2.39. The molecule has 0 fully saturated rings. The zero-order valence-electron chi connectivity index (χ0n) is 14.9. The molecule has 0 spiro atoms. The molecule has 0 radical (unpaired) electrons. The summed E-state index contributed by atoms with van der Waals surface area (Å²) < 4.78 is 5.44. The summed E-state index contributed by atoms with van der Waals surface area (Å²) in [5, 5.41) is 7.53. The maximum atomic E-state index is 5.44. The Bertz CT molecular complexity index is 438. The third kappa shape index (κ3) is 5.70. The van der Waals surface area contributed by atoms with Crippen molar-refractivity contribution in [1.29, 1.82) is 0 Å². The summed E-state index contributed by atoms with van der Waals surface area (Å²) in [4.78, 5) is 6.83. The van der Waals surface area contributed by atoms with Crippen LogP contribution in [0, 0.1) is 0 Å². The molecule has 1 rings (SSSR count). The van der Waals surface area contributed by atoms with Gasteiger partial charge >= 0.3 is 0 Å². The first-order valence-corrected chi connectivity index (χ1v) is 8.61. The number of rotatable bonds is 9. The van der Waals surface area contributed by atoms with Crippen LogP contribution >= 0.6 is 0 Å². The van der Waals surface area contributed by atoms with Crippen molar-refractivity contribution in [2.24, 2.45) is 4.99 Å². The minimum Gasteiger partial charge on any atom is -0.359 e. The average molecular weight is 308 g/mol. The number of nitrogens with one attached hydrogen (secondary N) is 1. The Morgan fingerprint density at radius 2 is 2.05 bits per heavy atom. The number of hydrogen-bond donors (Lipinski definition) is 1. The van der Waals surface area contributed by atoms with Crippen molar-refractivity contribution in [3.63, 3.8) is 0 Å². The number of guanidine groups is 1. The Morgan fingerprint density at radius 1 is 1.32 bits per heavy atom. The topological polar surface area (TPSA) is 53.7 Å². The first-order valence-electron chi connectivity index (χ1n) is 8.61. The van der Waals surface area contributed by atoms with Crippen LogP contribution in [0.5, 0.6) is 0 Å². The van der Waals surface area contributed by atoms with Gasteiger partial charge in [0.25, 0.3) is 0 Å². The van der Waals surface area contributed by atoms with E-state index in [1.54, 1.807) is 0 Å². The fourth-order valence-corrected chi connectivity index (χ4v) is 2.43. The summed E-state index contributed by atoms with van der Waals surface area (Å²) in [5.41, 5.74) is 1.06. The lowest BCUT2D eigenvalue weighted by Gasteiger charge is -2.21. The van der Waals surface area contributed by atoms with Crippen molar-refractivity contribution in [1.82, 2.24) is 15.4 Å². The van der Waals surface area contributed by atoms with Crippen LogP contribution in [0.4, 0.5) is 0 Å². The zero-order chi connectivity index (χ0) is 16.4. The van der Waals surface area contributed by atoms with E-state index in [1.165, 1.54) is 12.8 Å². The van der Waals surface area contributed by atoms with Gasteiger partial charge in [-0.05, 0) is 26.2 Å². The van der Waals surface area contributed by atoms with Gasteiger partial charge in [-0.2, -0.15) is 0 Å². The Balaban J connectivity index is 2.69. The molecule has 0 unspecified atom stereocenters. The molecule has 0 bridgehead atoms. The van der Waals surface area contributed by atoms with E-state index in [0.29, 0.717) is 12.5 Å². The van der Waals surface area contributed by atoms with Crippen LogP contribution < -0.4 is 5.32 Å². The molecule has 0 aromatic carbocycles. The molecule has 1 aromatic heterocycles. The first kappa shape index (κ1) is 18.5. The molecule has 0 aliphatic carbocycles. The third-order valence-electron chi connectivity index (χ3n) is 3.91. The smallest absolute Gasteiger partial charge is 0.194 e. The van der Waals surface area contributed by atoms with Gasteiger partial charge in [-0.1, -0.05) is 32.3 Å². The van der Waals surface area contributed by atoms with Crippen LogP contribution in [0.25, 0.3) is 0 Å². The van der Waals surface area contributed by atoms with Gasteiger partial charge in [-0.15, -0.1) is 0 Å². The Morgan fingerprint density at radius 3 is 2.64 bits per heavy atom. The van der Waals surface area contributed by atoms with Gasteiger partial charge in [0.15, 0.2) is 11.7 Å². The largest absolute Gasteiger partial charge is 0.359 e. The number of hydrogen-bond acceptors (Lipinski definition) is 3. The van der Waals surface area contributed by atoms with E-state index in [9.17, 15) is 0 Å². The molecule has 0 saturated carbocycles. The van der Waals surface area contributed by atoms with Gasteiger partial charge in [0.2, 0.25) is 0 Å². The second kappa shape index (κ2) is 10.2. The highest BCUT2D eigenvalue weighted by molar-refractivity contribution is 5.79. The van der Waals surface area contributed by atoms with Crippen molar-refractivity contribution in [2.45, 2.75) is 65.8 Å². The van der Waals surface area contributed by atoms with Gasteiger partial charge in [-0.25, -0.2) is 4.99 Å². The second-order valence-corrected chi connectivity index (χ2v) is 5.68. The Kier molecular flexibility index (Phi) is 8.63. The number of aliphatic imine (C=N–C) groups is 1. The van der Waals surface area contributed by atoms with Gasteiger partial charge in [0, 0.05) is 32.1 Å². The summed E-state index contributed by atoms with van der Waals surface area (Å²) >= 11 is 0. The highest BCUT2D eigenvalue weighted by Crippen LogP contribution is 2.22. The van der Waals surface area contributed by atoms with Crippen LogP contribution in [0.1, 0.15) is 70.8 Å². The van der Waals surface area contributed by atoms with Crippen LogP contribution in [0.3, 0.4) is 0 Å². The molecule has 5 heteroatoms. The fourth-order valence-electron chi connectivity index (χ4n) is 2.43. The monoisotopic (exact) mass is 308 g/mol. The highest BCUT2D eigenvalue weighted by Gasteiger charge is 2.13. The SMILES string of the molecule is CCCCN(C)C(=NCc1cc(C(CC)CC)no1)NCC. The average Bonchev–Trinajstić information content (AvgIpc) is 2.99. The molecule has 1 heterocycles. The molecule has 126 valence electrons. The number of aromatic nitrogens is 1. The summed E-state index contributed by atoms with van der Waals surface area (Å²) in [7, 11) is 2.08. The Labute approximate surface area is 135 Å². The molecule has 5 nitrogen and oxygen atoms in total. The molecule has 1 N–H and O–H groups in total. The lowest BCUT2D eigenvalue weighted by atomic mass is 9.99. The minimum absolute atomic E-state index is 0.488. The molecule has 0 aliphatic heterocycles. The number of nitrogens with zero attached hydrogens (tertiary/aromatic N) is 3. The molecule has 0 aliphatic rings. The van der Waals surface area contributed by atoms with Gasteiger partial charge < -0.3 is 14.7 Å². The third-order valence-corrected chi connectivity index (χ3v) is 3.91. The van der Waals surface area contributed by atoms with Crippen LogP contribution in [-0.4, -0.2) is 36.2 Å². The van der Waals surface area contributed by atoms with Crippen molar-refractivity contribution < 1.29 is 4.52 Å². The van der Waals surface area contributed by atoms with Crippen molar-refractivity contribution in [3.8, 4) is 0 Å². The van der Waals surface area contributed by atoms with E-state index < -0.39 is 0 Å². The predicted octanol–water partition coefficient (Wildman–Crippen LogP) is 3.78. The van der Waals surface area contributed by atoms with Crippen molar-refractivity contribution in [3.05, 3.63) is 17.5 Å². The second-order valence-electron chi connectivity index (χ2n) is 5.68. The van der Waals surface area contributed by atoms with E-state index >= 15 is 0 Å². The summed E-state index contributed by atoms with van der Waals surface area (Å²) in [5.74, 6) is 2.25. The van der Waals surface area contributed by atoms with Crippen molar-refractivity contribution >= 4 is 5.96 Å². The van der Waals surface area contributed by atoms with Gasteiger partial charge in [0.1, 0.15) is 6.54 Å². The normalized spacial score (nSPS) is 12.0. The number of unbranched alkanes of at least 4 members (excludes halogenated alkanes) is 1. The molecule has 0 saturated heterocycles. The maximum Gasteiger partial charge on any atom is 0.194 e. The van der Waals surface area contributed by atoms with E-state index in [2.05, 4.69) is 61.2 Å². The standard InChI is InChI=1S/C17H32N4O/c1-6-10-11-21(5)17(18-9-4)19-13-15-12-16(20-22-15)14(7-2)8-3/h12,14H,6-11,13H2,1-5H3,(H,18,19). The Hall–Kier alpha value is -1.52. The van der Waals surface area contributed by atoms with E-state index in [-0.39, 0.29) is 0 Å². The fraction of sp³-hybridized carbons (Fsp3) is 0.765. The minimum atomic E-state index is 0.488. The quantitative estimate of drug-likeness (QED) is 0.557. The zero-order valence-corrected chi connectivity index (χ0v) is 14.9. The molecule has 0 atom stereocenters. The van der Waals surface area contributed by atoms with Gasteiger partial charge in [-0.3, -0.25) is 0 Å². The van der Waals surface area contributed by atoms with E-state index in [1.807, 2.05) is 0 Å². The maximum absolute atomic E-state index is 5.44. The lowest BCUT2D eigenvalue weighted by molar-refractivity contribution is 0.371.